The first-order valence-electron chi connectivity index (χ1n) is 9.65. The number of piperazine rings is 1. The van der Waals surface area contributed by atoms with Crippen LogP contribution in [0.5, 0.6) is 0 Å². The Bertz CT molecular complexity index is 695. The third-order valence-corrected chi connectivity index (χ3v) is 5.43. The minimum Gasteiger partial charge on any atom is -0.366 e. The molecule has 0 radical (unpaired) electrons. The van der Waals surface area contributed by atoms with Gasteiger partial charge in [-0.3, -0.25) is 14.4 Å². The number of hydrogen-bond acceptors (Lipinski definition) is 4. The van der Waals surface area contributed by atoms with Gasteiger partial charge in [0.2, 0.25) is 11.7 Å². The molecule has 27 heavy (non-hydrogen) atoms. The average molecular weight is 375 g/mol. The summed E-state index contributed by atoms with van der Waals surface area (Å²) in [5, 5.41) is 2.48. The molecule has 1 saturated heterocycles. The smallest absolute Gasteiger partial charge is 0.288 e. The Kier molecular flexibility index (Phi) is 6.42. The van der Waals surface area contributed by atoms with Gasteiger partial charge in [0.05, 0.1) is 12.2 Å². The molecule has 1 heterocycles. The van der Waals surface area contributed by atoms with Gasteiger partial charge in [-0.2, -0.15) is 0 Å². The highest BCUT2D eigenvalue weighted by Crippen LogP contribution is 2.24. The van der Waals surface area contributed by atoms with Crippen molar-refractivity contribution < 1.29 is 18.8 Å². The summed E-state index contributed by atoms with van der Waals surface area (Å²) in [5.74, 6) is -1.73. The molecule has 6 nitrogen and oxygen atoms in total. The molecule has 7 heteroatoms. The molecule has 0 unspecified atom stereocenters. The molecule has 1 N–H and O–H groups in total. The van der Waals surface area contributed by atoms with Crippen LogP contribution in [0, 0.1) is 11.7 Å². The molecule has 1 aliphatic heterocycles. The summed E-state index contributed by atoms with van der Waals surface area (Å²) in [7, 11) is 0. The molecule has 1 aromatic carbocycles. The second-order valence-electron chi connectivity index (χ2n) is 7.20. The Morgan fingerprint density at radius 3 is 2.33 bits per heavy atom. The van der Waals surface area contributed by atoms with Gasteiger partial charge in [-0.25, -0.2) is 4.39 Å². The average Bonchev–Trinajstić information content (AvgIpc) is 2.72. The van der Waals surface area contributed by atoms with Crippen LogP contribution >= 0.6 is 0 Å². The quantitative estimate of drug-likeness (QED) is 0.796. The zero-order chi connectivity index (χ0) is 19.2. The number of nitrogens with one attached hydrogen (secondary N) is 1. The Morgan fingerprint density at radius 1 is 1.00 bits per heavy atom. The maximum absolute atomic E-state index is 13.9. The van der Waals surface area contributed by atoms with Crippen molar-refractivity contribution in [3.63, 3.8) is 0 Å². The number of nitrogens with zero attached hydrogens (tertiary/aromatic N) is 2. The number of carbonyl (C=O) groups is 3. The monoisotopic (exact) mass is 375 g/mol. The van der Waals surface area contributed by atoms with Crippen LogP contribution in [-0.2, 0) is 14.4 Å². The van der Waals surface area contributed by atoms with E-state index in [1.54, 1.807) is 23.1 Å². The molecule has 0 spiro atoms. The molecule has 0 atom stereocenters. The van der Waals surface area contributed by atoms with E-state index >= 15 is 0 Å². The van der Waals surface area contributed by atoms with Gasteiger partial charge >= 0.3 is 0 Å². The topological polar surface area (TPSA) is 69.7 Å². The highest BCUT2D eigenvalue weighted by molar-refractivity contribution is 6.37. The molecule has 2 aliphatic rings. The van der Waals surface area contributed by atoms with Crippen molar-refractivity contribution in [1.29, 1.82) is 0 Å². The number of hydrogen-bond donors (Lipinski definition) is 1. The van der Waals surface area contributed by atoms with Gasteiger partial charge in [-0.1, -0.05) is 31.4 Å². The predicted octanol–water partition coefficient (Wildman–Crippen LogP) is 1.74. The van der Waals surface area contributed by atoms with Crippen LogP contribution in [0.25, 0.3) is 0 Å². The molecular weight excluding hydrogens is 349 g/mol. The Balaban J connectivity index is 1.43. The first-order chi connectivity index (χ1) is 13.1. The second kappa shape index (κ2) is 8.97. The number of benzene rings is 1. The van der Waals surface area contributed by atoms with Gasteiger partial charge in [-0.15, -0.1) is 0 Å². The van der Waals surface area contributed by atoms with Gasteiger partial charge in [0.15, 0.2) is 0 Å². The number of para-hydroxylation sites is 1. The molecular formula is C20H26FN3O3. The van der Waals surface area contributed by atoms with Crippen LogP contribution in [0.15, 0.2) is 24.3 Å². The summed E-state index contributed by atoms with van der Waals surface area (Å²) >= 11 is 0. The van der Waals surface area contributed by atoms with E-state index in [1.165, 1.54) is 6.07 Å². The number of amides is 2. The lowest BCUT2D eigenvalue weighted by molar-refractivity contribution is -0.142. The van der Waals surface area contributed by atoms with Gasteiger partial charge < -0.3 is 15.1 Å². The first-order valence-corrected chi connectivity index (χ1v) is 9.65. The van der Waals surface area contributed by atoms with Gasteiger partial charge in [-0.05, 0) is 25.0 Å². The molecule has 1 aromatic rings. The fourth-order valence-electron chi connectivity index (χ4n) is 3.81. The standard InChI is InChI=1S/C20H26FN3O3/c21-16-8-4-5-9-17(16)23-10-12-24(13-11-23)18(25)14-22-20(27)19(26)15-6-2-1-3-7-15/h4-5,8-9,15H,1-3,6-7,10-14H2,(H,22,27). The molecule has 1 aliphatic carbocycles. The zero-order valence-electron chi connectivity index (χ0n) is 15.5. The van der Waals surface area contributed by atoms with Crippen molar-refractivity contribution in [3.8, 4) is 0 Å². The first kappa shape index (κ1) is 19.3. The van der Waals surface area contributed by atoms with E-state index < -0.39 is 11.7 Å². The Labute approximate surface area is 158 Å². The summed E-state index contributed by atoms with van der Waals surface area (Å²) in [6.07, 6.45) is 4.60. The molecule has 2 fully saturated rings. The van der Waals surface area contributed by atoms with Gasteiger partial charge in [0.1, 0.15) is 5.82 Å². The summed E-state index contributed by atoms with van der Waals surface area (Å²) in [4.78, 5) is 40.0. The van der Waals surface area contributed by atoms with Crippen LogP contribution in [-0.4, -0.2) is 55.2 Å². The summed E-state index contributed by atoms with van der Waals surface area (Å²) < 4.78 is 13.9. The highest BCUT2D eigenvalue weighted by atomic mass is 19.1. The van der Waals surface area contributed by atoms with Crippen LogP contribution in [0.4, 0.5) is 10.1 Å². The SMILES string of the molecule is O=C(NCC(=O)N1CCN(c2ccccc2F)CC1)C(=O)C1CCCCC1. The largest absolute Gasteiger partial charge is 0.366 e. The molecule has 146 valence electrons. The molecule has 0 bridgehead atoms. The summed E-state index contributed by atoms with van der Waals surface area (Å²) in [6.45, 7) is 1.81. The number of anilines is 1. The normalized spacial score (nSPS) is 18.3. The predicted molar refractivity (Wildman–Crippen MR) is 99.8 cm³/mol. The van der Waals surface area contributed by atoms with Crippen LogP contribution in [0.1, 0.15) is 32.1 Å². The maximum atomic E-state index is 13.9. The number of Topliss-reactive ketones (excluding diaryl/α,β-unsaturated/α-hetero) is 1. The number of carbonyl (C=O) groups excluding carboxylic acids is 3. The molecule has 0 aromatic heterocycles. The molecule has 2 amide bonds. The third kappa shape index (κ3) is 4.84. The van der Waals surface area contributed by atoms with E-state index in [9.17, 15) is 18.8 Å². The van der Waals surface area contributed by atoms with Gasteiger partial charge in [0, 0.05) is 32.1 Å². The molecule has 1 saturated carbocycles. The van der Waals surface area contributed by atoms with Gasteiger partial charge in [0.25, 0.3) is 5.91 Å². The Morgan fingerprint density at radius 2 is 1.67 bits per heavy atom. The minimum atomic E-state index is -0.653. The van der Waals surface area contributed by atoms with Crippen LogP contribution in [0.2, 0.25) is 0 Å². The third-order valence-electron chi connectivity index (χ3n) is 5.43. The van der Waals surface area contributed by atoms with Crippen molar-refractivity contribution in [1.82, 2.24) is 10.2 Å². The lowest BCUT2D eigenvalue weighted by Gasteiger charge is -2.36. The highest BCUT2D eigenvalue weighted by Gasteiger charge is 2.28. The fraction of sp³-hybridized carbons (Fsp3) is 0.550. The second-order valence-corrected chi connectivity index (χ2v) is 7.20. The summed E-state index contributed by atoms with van der Waals surface area (Å²) in [5.41, 5.74) is 0.538. The number of ketones is 1. The van der Waals surface area contributed by atoms with Crippen molar-refractivity contribution in [2.24, 2.45) is 5.92 Å². The number of rotatable bonds is 5. The minimum absolute atomic E-state index is 0.170. The van der Waals surface area contributed by atoms with E-state index in [0.717, 1.165) is 32.1 Å². The van der Waals surface area contributed by atoms with E-state index in [2.05, 4.69) is 5.32 Å². The Hall–Kier alpha value is -2.44. The number of halogens is 1. The maximum Gasteiger partial charge on any atom is 0.288 e. The van der Waals surface area contributed by atoms with Crippen LogP contribution in [0.3, 0.4) is 0 Å². The summed E-state index contributed by atoms with van der Waals surface area (Å²) in [6, 6.07) is 6.58. The lowest BCUT2D eigenvalue weighted by atomic mass is 9.86. The zero-order valence-corrected chi connectivity index (χ0v) is 15.5. The van der Waals surface area contributed by atoms with E-state index in [4.69, 9.17) is 0 Å². The van der Waals surface area contributed by atoms with Crippen LogP contribution < -0.4 is 10.2 Å². The van der Waals surface area contributed by atoms with Crippen molar-refractivity contribution in [2.75, 3.05) is 37.6 Å². The fourth-order valence-corrected chi connectivity index (χ4v) is 3.81. The van der Waals surface area contributed by atoms with Crippen molar-refractivity contribution >= 4 is 23.3 Å². The lowest BCUT2D eigenvalue weighted by Crippen LogP contribution is -2.52. The van der Waals surface area contributed by atoms with Crippen molar-refractivity contribution in [2.45, 2.75) is 32.1 Å². The van der Waals surface area contributed by atoms with Crippen molar-refractivity contribution in [3.05, 3.63) is 30.1 Å². The molecule has 3 rings (SSSR count). The van der Waals surface area contributed by atoms with E-state index in [1.807, 2.05) is 4.90 Å². The van der Waals surface area contributed by atoms with E-state index in [-0.39, 0.29) is 24.2 Å². The van der Waals surface area contributed by atoms with E-state index in [0.29, 0.717) is 31.9 Å².